The molecule has 0 fully saturated rings. The largest absolute Gasteiger partial charge is 0.480 e. The van der Waals surface area contributed by atoms with Crippen molar-refractivity contribution >= 4 is 21.9 Å². The molecular weight excluding hydrogens is 234 g/mol. The maximum atomic E-state index is 10.7. The number of aliphatic carboxylic acids is 1. The summed E-state index contributed by atoms with van der Waals surface area (Å²) in [7, 11) is 0. The highest BCUT2D eigenvalue weighted by Crippen LogP contribution is 2.25. The van der Waals surface area contributed by atoms with Gasteiger partial charge in [-0.1, -0.05) is 28.1 Å². The number of aryl methyl sites for hydroxylation is 1. The van der Waals surface area contributed by atoms with Crippen molar-refractivity contribution in [2.24, 2.45) is 5.73 Å². The Kier molecular flexibility index (Phi) is 3.06. The third-order valence-electron chi connectivity index (χ3n) is 1.85. The quantitative estimate of drug-likeness (QED) is 0.834. The van der Waals surface area contributed by atoms with Crippen molar-refractivity contribution in [2.45, 2.75) is 13.0 Å². The first-order chi connectivity index (χ1) is 6.04. The Balaban J connectivity index is 3.20. The van der Waals surface area contributed by atoms with Crippen molar-refractivity contribution in [3.8, 4) is 0 Å². The number of hydrogen-bond donors (Lipinski definition) is 2. The number of nitrogens with two attached hydrogens (primary N) is 1. The van der Waals surface area contributed by atoms with Gasteiger partial charge < -0.3 is 10.8 Å². The number of rotatable bonds is 2. The predicted octanol–water partition coefficient (Wildman–Crippen LogP) is 1.84. The lowest BCUT2D eigenvalue weighted by molar-refractivity contribution is -0.138. The molecule has 0 saturated carbocycles. The summed E-state index contributed by atoms with van der Waals surface area (Å²) in [5.74, 6) is -1.02. The van der Waals surface area contributed by atoms with Gasteiger partial charge in [-0.25, -0.2) is 0 Å². The summed E-state index contributed by atoms with van der Waals surface area (Å²) in [6, 6.07) is 4.50. The molecule has 0 spiro atoms. The van der Waals surface area contributed by atoms with Gasteiger partial charge in [0.1, 0.15) is 6.04 Å². The van der Waals surface area contributed by atoms with Crippen molar-refractivity contribution in [1.29, 1.82) is 0 Å². The van der Waals surface area contributed by atoms with Gasteiger partial charge >= 0.3 is 5.97 Å². The van der Waals surface area contributed by atoms with Gasteiger partial charge in [-0.05, 0) is 24.1 Å². The molecule has 0 aliphatic rings. The molecule has 3 nitrogen and oxygen atoms in total. The number of carbonyl (C=O) groups is 1. The van der Waals surface area contributed by atoms with Crippen molar-refractivity contribution < 1.29 is 9.90 Å². The molecule has 3 N–H and O–H groups in total. The highest BCUT2D eigenvalue weighted by molar-refractivity contribution is 9.10. The summed E-state index contributed by atoms with van der Waals surface area (Å²) in [5, 5.41) is 8.74. The predicted molar refractivity (Wildman–Crippen MR) is 53.4 cm³/mol. The summed E-state index contributed by atoms with van der Waals surface area (Å²) in [6.45, 7) is 1.84. The van der Waals surface area contributed by atoms with Crippen molar-refractivity contribution in [3.63, 3.8) is 0 Å². The maximum Gasteiger partial charge on any atom is 0.325 e. The van der Waals surface area contributed by atoms with Crippen LogP contribution in [0.3, 0.4) is 0 Å². The zero-order valence-corrected chi connectivity index (χ0v) is 8.71. The summed E-state index contributed by atoms with van der Waals surface area (Å²) >= 11 is 3.27. The number of carboxylic acids is 1. The molecule has 13 heavy (non-hydrogen) atoms. The van der Waals surface area contributed by atoms with Crippen LogP contribution in [-0.4, -0.2) is 11.1 Å². The second-order valence-corrected chi connectivity index (χ2v) is 3.64. The molecule has 0 aliphatic carbocycles. The molecule has 0 aromatic heterocycles. The molecule has 0 radical (unpaired) electrons. The topological polar surface area (TPSA) is 63.3 Å². The van der Waals surface area contributed by atoms with E-state index < -0.39 is 12.0 Å². The molecule has 1 atom stereocenters. The summed E-state index contributed by atoms with van der Waals surface area (Å²) in [4.78, 5) is 10.7. The fraction of sp³-hybridized carbons (Fsp3) is 0.222. The van der Waals surface area contributed by atoms with E-state index in [1.165, 1.54) is 0 Å². The SMILES string of the molecule is Cc1cccc(Br)c1[C@@H](N)C(=O)O. The van der Waals surface area contributed by atoms with E-state index >= 15 is 0 Å². The van der Waals surface area contributed by atoms with Crippen LogP contribution in [-0.2, 0) is 4.79 Å². The summed E-state index contributed by atoms with van der Waals surface area (Å²) < 4.78 is 0.738. The molecule has 0 heterocycles. The molecule has 4 heteroatoms. The van der Waals surface area contributed by atoms with Crippen LogP contribution in [0.4, 0.5) is 0 Å². The first kappa shape index (κ1) is 10.2. The second kappa shape index (κ2) is 3.89. The fourth-order valence-electron chi connectivity index (χ4n) is 1.16. The van der Waals surface area contributed by atoms with E-state index in [4.69, 9.17) is 10.8 Å². The first-order valence-corrected chi connectivity index (χ1v) is 4.56. The van der Waals surface area contributed by atoms with Gasteiger partial charge in [0, 0.05) is 4.47 Å². The average molecular weight is 244 g/mol. The molecule has 1 aromatic rings. The van der Waals surface area contributed by atoms with Crippen LogP contribution in [0.25, 0.3) is 0 Å². The zero-order chi connectivity index (χ0) is 10.0. The Hall–Kier alpha value is -0.870. The van der Waals surface area contributed by atoms with Crippen LogP contribution in [0.2, 0.25) is 0 Å². The van der Waals surface area contributed by atoms with Gasteiger partial charge in [0.25, 0.3) is 0 Å². The Bertz CT molecular complexity index is 318. The third kappa shape index (κ3) is 2.08. The Morgan fingerprint density at radius 1 is 1.62 bits per heavy atom. The lowest BCUT2D eigenvalue weighted by atomic mass is 10.0. The highest BCUT2D eigenvalue weighted by Gasteiger charge is 2.18. The van der Waals surface area contributed by atoms with Gasteiger partial charge in [-0.3, -0.25) is 4.79 Å². The number of carboxylic acid groups (broad SMARTS) is 1. The van der Waals surface area contributed by atoms with Crippen LogP contribution in [0.15, 0.2) is 22.7 Å². The lowest BCUT2D eigenvalue weighted by Crippen LogP contribution is -2.22. The molecule has 0 aliphatic heterocycles. The van der Waals surface area contributed by atoms with Crippen LogP contribution in [0.1, 0.15) is 17.2 Å². The normalized spacial score (nSPS) is 12.5. The van der Waals surface area contributed by atoms with E-state index in [0.29, 0.717) is 5.56 Å². The van der Waals surface area contributed by atoms with E-state index in [1.54, 1.807) is 6.07 Å². The van der Waals surface area contributed by atoms with E-state index in [0.717, 1.165) is 10.0 Å². The molecule has 70 valence electrons. The van der Waals surface area contributed by atoms with Gasteiger partial charge in [-0.15, -0.1) is 0 Å². The van der Waals surface area contributed by atoms with E-state index in [2.05, 4.69) is 15.9 Å². The summed E-state index contributed by atoms with van der Waals surface area (Å²) in [5.41, 5.74) is 7.02. The van der Waals surface area contributed by atoms with Crippen molar-refractivity contribution in [3.05, 3.63) is 33.8 Å². The Morgan fingerprint density at radius 3 is 2.69 bits per heavy atom. The number of benzene rings is 1. The molecule has 1 aromatic carbocycles. The number of hydrogen-bond acceptors (Lipinski definition) is 2. The van der Waals surface area contributed by atoms with Gasteiger partial charge in [0.15, 0.2) is 0 Å². The van der Waals surface area contributed by atoms with Crippen LogP contribution in [0, 0.1) is 6.92 Å². The van der Waals surface area contributed by atoms with E-state index in [1.807, 2.05) is 19.1 Å². The average Bonchev–Trinajstić information content (AvgIpc) is 2.03. The Morgan fingerprint density at radius 2 is 2.23 bits per heavy atom. The second-order valence-electron chi connectivity index (χ2n) is 2.79. The Labute approximate surface area is 84.7 Å². The van der Waals surface area contributed by atoms with Gasteiger partial charge in [-0.2, -0.15) is 0 Å². The highest BCUT2D eigenvalue weighted by atomic mass is 79.9. The summed E-state index contributed by atoms with van der Waals surface area (Å²) in [6.07, 6.45) is 0. The minimum atomic E-state index is -1.02. The minimum Gasteiger partial charge on any atom is -0.480 e. The van der Waals surface area contributed by atoms with Gasteiger partial charge in [0.05, 0.1) is 0 Å². The van der Waals surface area contributed by atoms with Crippen molar-refractivity contribution in [2.75, 3.05) is 0 Å². The smallest absolute Gasteiger partial charge is 0.325 e. The third-order valence-corrected chi connectivity index (χ3v) is 2.54. The molecule has 0 bridgehead atoms. The monoisotopic (exact) mass is 243 g/mol. The maximum absolute atomic E-state index is 10.7. The molecule has 1 rings (SSSR count). The fourth-order valence-corrected chi connectivity index (χ4v) is 1.87. The first-order valence-electron chi connectivity index (χ1n) is 3.77. The molecule has 0 amide bonds. The van der Waals surface area contributed by atoms with Crippen molar-refractivity contribution in [1.82, 2.24) is 0 Å². The standard InChI is InChI=1S/C9H10BrNO2/c1-5-3-2-4-6(10)7(5)8(11)9(12)13/h2-4,8H,11H2,1H3,(H,12,13)/t8-/m1/s1. The van der Waals surface area contributed by atoms with Gasteiger partial charge in [0.2, 0.25) is 0 Å². The zero-order valence-electron chi connectivity index (χ0n) is 7.12. The van der Waals surface area contributed by atoms with E-state index in [-0.39, 0.29) is 0 Å². The van der Waals surface area contributed by atoms with Crippen LogP contribution in [0.5, 0.6) is 0 Å². The molecule has 0 saturated heterocycles. The lowest BCUT2D eigenvalue weighted by Gasteiger charge is -2.11. The minimum absolute atomic E-state index is 0.634. The van der Waals surface area contributed by atoms with Crippen LogP contribution < -0.4 is 5.73 Å². The number of halogens is 1. The molecular formula is C9H10BrNO2. The van der Waals surface area contributed by atoms with E-state index in [9.17, 15) is 4.79 Å². The molecule has 0 unspecified atom stereocenters. The van der Waals surface area contributed by atoms with Crippen LogP contribution >= 0.6 is 15.9 Å².